The van der Waals surface area contributed by atoms with E-state index in [1.807, 2.05) is 25.1 Å². The summed E-state index contributed by atoms with van der Waals surface area (Å²) in [5.74, 6) is 0.261. The molecule has 0 radical (unpaired) electrons. The number of nitriles is 1. The minimum atomic E-state index is 0.261. The van der Waals surface area contributed by atoms with E-state index in [2.05, 4.69) is 0 Å². The zero-order valence-electron chi connectivity index (χ0n) is 8.29. The van der Waals surface area contributed by atoms with Crippen LogP contribution in [-0.4, -0.2) is 5.78 Å². The van der Waals surface area contributed by atoms with Gasteiger partial charge in [-0.2, -0.15) is 5.26 Å². The number of hydrogen-bond donors (Lipinski definition) is 0. The third-order valence-corrected chi connectivity index (χ3v) is 2.01. The van der Waals surface area contributed by atoms with Crippen molar-refractivity contribution in [2.75, 3.05) is 0 Å². The number of ketones is 1. The van der Waals surface area contributed by atoms with Crippen molar-refractivity contribution >= 4 is 5.78 Å². The van der Waals surface area contributed by atoms with Crippen molar-refractivity contribution < 1.29 is 4.79 Å². The Bertz CT molecular complexity index is 346. The maximum Gasteiger partial charge on any atom is 0.137 e. The Morgan fingerprint density at radius 1 is 1.36 bits per heavy atom. The highest BCUT2D eigenvalue weighted by Gasteiger charge is 2.01. The number of Topliss-reactive ketones (excluding diaryl/α,β-unsaturated/α-hetero) is 1. The maximum atomic E-state index is 11.3. The molecule has 0 unspecified atom stereocenters. The molecular weight excluding hydrogens is 174 g/mol. The van der Waals surface area contributed by atoms with Gasteiger partial charge in [-0.1, -0.05) is 19.1 Å². The van der Waals surface area contributed by atoms with E-state index in [0.29, 0.717) is 18.4 Å². The molecule has 0 fully saturated rings. The minimum Gasteiger partial charge on any atom is -0.299 e. The second-order valence-corrected chi connectivity index (χ2v) is 3.27. The Hall–Kier alpha value is -1.62. The van der Waals surface area contributed by atoms with Crippen molar-refractivity contribution in [3.63, 3.8) is 0 Å². The molecule has 0 atom stereocenters. The average molecular weight is 187 g/mol. The molecule has 0 bridgehead atoms. The molecule has 0 aliphatic heterocycles. The van der Waals surface area contributed by atoms with Gasteiger partial charge in [0.05, 0.1) is 11.6 Å². The van der Waals surface area contributed by atoms with E-state index >= 15 is 0 Å². The minimum absolute atomic E-state index is 0.261. The van der Waals surface area contributed by atoms with Gasteiger partial charge in [-0.05, 0) is 24.1 Å². The van der Waals surface area contributed by atoms with Crippen molar-refractivity contribution in [1.82, 2.24) is 0 Å². The van der Waals surface area contributed by atoms with Crippen molar-refractivity contribution in [3.8, 4) is 6.07 Å². The van der Waals surface area contributed by atoms with Gasteiger partial charge in [-0.3, -0.25) is 4.79 Å². The van der Waals surface area contributed by atoms with Gasteiger partial charge in [-0.25, -0.2) is 0 Å². The molecule has 14 heavy (non-hydrogen) atoms. The van der Waals surface area contributed by atoms with Gasteiger partial charge in [0.1, 0.15) is 5.78 Å². The highest BCUT2D eigenvalue weighted by Crippen LogP contribution is 2.06. The van der Waals surface area contributed by atoms with Gasteiger partial charge in [0, 0.05) is 12.8 Å². The fraction of sp³-hybridized carbons (Fsp3) is 0.333. The van der Waals surface area contributed by atoms with E-state index in [1.54, 1.807) is 12.1 Å². The van der Waals surface area contributed by atoms with Crippen LogP contribution in [0.25, 0.3) is 0 Å². The van der Waals surface area contributed by atoms with Gasteiger partial charge < -0.3 is 0 Å². The summed E-state index contributed by atoms with van der Waals surface area (Å²) in [5, 5.41) is 8.58. The summed E-state index contributed by atoms with van der Waals surface area (Å²) in [7, 11) is 0. The summed E-state index contributed by atoms with van der Waals surface area (Å²) in [6.07, 6.45) is 2.02. The Morgan fingerprint density at radius 3 is 2.50 bits per heavy atom. The summed E-state index contributed by atoms with van der Waals surface area (Å²) in [6.45, 7) is 2.00. The standard InChI is InChI=1S/C12H13NO/c1-2-3-12(14)8-10-4-6-11(9-13)7-5-10/h4-7H,2-3,8H2,1H3. The first kappa shape index (κ1) is 10.5. The largest absolute Gasteiger partial charge is 0.299 e. The second kappa shape index (κ2) is 5.18. The predicted molar refractivity (Wildman–Crippen MR) is 54.8 cm³/mol. The van der Waals surface area contributed by atoms with Gasteiger partial charge in [0.25, 0.3) is 0 Å². The maximum absolute atomic E-state index is 11.3. The van der Waals surface area contributed by atoms with Gasteiger partial charge in [0.15, 0.2) is 0 Å². The van der Waals surface area contributed by atoms with Crippen LogP contribution in [0.3, 0.4) is 0 Å². The first-order valence-corrected chi connectivity index (χ1v) is 4.77. The zero-order chi connectivity index (χ0) is 10.4. The Labute approximate surface area is 84.2 Å². The van der Waals surface area contributed by atoms with E-state index in [-0.39, 0.29) is 5.78 Å². The third-order valence-electron chi connectivity index (χ3n) is 2.01. The molecule has 0 aliphatic rings. The van der Waals surface area contributed by atoms with Gasteiger partial charge >= 0.3 is 0 Å². The monoisotopic (exact) mass is 187 g/mol. The van der Waals surface area contributed by atoms with Crippen LogP contribution in [0.1, 0.15) is 30.9 Å². The molecule has 0 amide bonds. The number of hydrogen-bond acceptors (Lipinski definition) is 2. The molecule has 0 saturated heterocycles. The highest BCUT2D eigenvalue weighted by atomic mass is 16.1. The lowest BCUT2D eigenvalue weighted by atomic mass is 10.0. The Kier molecular flexibility index (Phi) is 3.87. The van der Waals surface area contributed by atoms with Crippen molar-refractivity contribution in [3.05, 3.63) is 35.4 Å². The zero-order valence-corrected chi connectivity index (χ0v) is 8.29. The average Bonchev–Trinajstić information content (AvgIpc) is 2.19. The molecule has 2 nitrogen and oxygen atoms in total. The van der Waals surface area contributed by atoms with Crippen molar-refractivity contribution in [2.45, 2.75) is 26.2 Å². The smallest absolute Gasteiger partial charge is 0.137 e. The van der Waals surface area contributed by atoms with E-state index in [4.69, 9.17) is 5.26 Å². The fourth-order valence-corrected chi connectivity index (χ4v) is 1.29. The van der Waals surface area contributed by atoms with E-state index in [9.17, 15) is 4.79 Å². The lowest BCUT2D eigenvalue weighted by Gasteiger charge is -1.99. The SMILES string of the molecule is CCCC(=O)Cc1ccc(C#N)cc1. The van der Waals surface area contributed by atoms with Gasteiger partial charge in [-0.15, -0.1) is 0 Å². The highest BCUT2D eigenvalue weighted by molar-refractivity contribution is 5.80. The van der Waals surface area contributed by atoms with Crippen LogP contribution < -0.4 is 0 Å². The molecule has 2 heteroatoms. The summed E-state index contributed by atoms with van der Waals surface area (Å²) in [6, 6.07) is 9.22. The molecule has 1 aromatic carbocycles. The summed E-state index contributed by atoms with van der Waals surface area (Å²) >= 11 is 0. The molecule has 1 rings (SSSR count). The number of nitrogens with zero attached hydrogens (tertiary/aromatic N) is 1. The van der Waals surface area contributed by atoms with Crippen LogP contribution >= 0.6 is 0 Å². The van der Waals surface area contributed by atoms with Crippen molar-refractivity contribution in [1.29, 1.82) is 5.26 Å². The molecule has 72 valence electrons. The summed E-state index contributed by atoms with van der Waals surface area (Å²) in [4.78, 5) is 11.3. The Balaban J connectivity index is 2.61. The van der Waals surface area contributed by atoms with Crippen LogP contribution in [0.2, 0.25) is 0 Å². The molecule has 0 spiro atoms. The second-order valence-electron chi connectivity index (χ2n) is 3.27. The molecule has 0 saturated carbocycles. The fourth-order valence-electron chi connectivity index (χ4n) is 1.29. The van der Waals surface area contributed by atoms with Crippen LogP contribution in [0, 0.1) is 11.3 Å². The number of rotatable bonds is 4. The van der Waals surface area contributed by atoms with Crippen LogP contribution in [-0.2, 0) is 11.2 Å². The third kappa shape index (κ3) is 3.02. The normalized spacial score (nSPS) is 9.43. The van der Waals surface area contributed by atoms with E-state index in [0.717, 1.165) is 12.0 Å². The first-order valence-electron chi connectivity index (χ1n) is 4.77. The molecule has 0 aromatic heterocycles. The molecule has 0 N–H and O–H groups in total. The summed E-state index contributed by atoms with van der Waals surface area (Å²) in [5.41, 5.74) is 1.62. The summed E-state index contributed by atoms with van der Waals surface area (Å²) < 4.78 is 0. The Morgan fingerprint density at radius 2 is 2.00 bits per heavy atom. The molecular formula is C12H13NO. The number of carbonyl (C=O) groups is 1. The molecule has 0 aliphatic carbocycles. The van der Waals surface area contributed by atoms with Crippen molar-refractivity contribution in [2.24, 2.45) is 0 Å². The topological polar surface area (TPSA) is 40.9 Å². The van der Waals surface area contributed by atoms with E-state index < -0.39 is 0 Å². The number of benzene rings is 1. The van der Waals surface area contributed by atoms with E-state index in [1.165, 1.54) is 0 Å². The molecule has 0 heterocycles. The predicted octanol–water partition coefficient (Wildman–Crippen LogP) is 2.47. The van der Waals surface area contributed by atoms with Crippen LogP contribution in [0.15, 0.2) is 24.3 Å². The lowest BCUT2D eigenvalue weighted by Crippen LogP contribution is -2.01. The molecule has 1 aromatic rings. The van der Waals surface area contributed by atoms with Gasteiger partial charge in [0.2, 0.25) is 0 Å². The first-order chi connectivity index (χ1) is 6.76. The quantitative estimate of drug-likeness (QED) is 0.726. The number of carbonyl (C=O) groups excluding carboxylic acids is 1. The van der Waals surface area contributed by atoms with Crippen LogP contribution in [0.4, 0.5) is 0 Å². The van der Waals surface area contributed by atoms with Crippen LogP contribution in [0.5, 0.6) is 0 Å². The lowest BCUT2D eigenvalue weighted by molar-refractivity contribution is -0.118.